The second kappa shape index (κ2) is 7.55. The Hall–Kier alpha value is -2.67. The van der Waals surface area contributed by atoms with E-state index in [4.69, 9.17) is 14.3 Å². The molecule has 2 rings (SSSR count). The van der Waals surface area contributed by atoms with Crippen LogP contribution >= 0.6 is 0 Å². The average molecular weight is 318 g/mol. The van der Waals surface area contributed by atoms with Crippen molar-refractivity contribution in [2.75, 3.05) is 13.7 Å². The molecule has 7 heteroatoms. The molecule has 2 heterocycles. The highest BCUT2D eigenvalue weighted by Crippen LogP contribution is 2.20. The van der Waals surface area contributed by atoms with Gasteiger partial charge < -0.3 is 19.6 Å². The Morgan fingerprint density at radius 3 is 2.65 bits per heavy atom. The molecule has 0 spiro atoms. The molecule has 0 aliphatic heterocycles. The molecule has 1 atom stereocenters. The van der Waals surface area contributed by atoms with E-state index in [0.29, 0.717) is 18.8 Å². The van der Waals surface area contributed by atoms with Gasteiger partial charge in [-0.05, 0) is 37.6 Å². The fourth-order valence-electron chi connectivity index (χ4n) is 2.06. The van der Waals surface area contributed by atoms with Gasteiger partial charge in [0.05, 0.1) is 11.6 Å². The van der Waals surface area contributed by atoms with Gasteiger partial charge in [0.25, 0.3) is 5.91 Å². The lowest BCUT2D eigenvalue weighted by atomic mass is 10.1. The number of ether oxygens (including phenoxy) is 1. The fraction of sp³-hybridized carbons (Fsp3) is 0.312. The van der Waals surface area contributed by atoms with E-state index in [-0.39, 0.29) is 23.2 Å². The van der Waals surface area contributed by atoms with Gasteiger partial charge in [0.2, 0.25) is 0 Å². The molecule has 23 heavy (non-hydrogen) atoms. The third-order valence-corrected chi connectivity index (χ3v) is 3.27. The third-order valence-electron chi connectivity index (χ3n) is 3.27. The van der Waals surface area contributed by atoms with Crippen molar-refractivity contribution in [1.29, 1.82) is 0 Å². The minimum Gasteiger partial charge on any atom is -0.477 e. The lowest BCUT2D eigenvalue weighted by molar-refractivity contribution is 0.0689. The van der Waals surface area contributed by atoms with E-state index in [2.05, 4.69) is 10.3 Å². The van der Waals surface area contributed by atoms with E-state index < -0.39 is 5.97 Å². The second-order valence-electron chi connectivity index (χ2n) is 4.99. The average Bonchev–Trinajstić information content (AvgIpc) is 2.97. The number of carboxylic acids is 1. The molecule has 0 aliphatic carbocycles. The summed E-state index contributed by atoms with van der Waals surface area (Å²) in [6.07, 6.45) is 1.79. The number of hydrogen-bond donors (Lipinski definition) is 2. The number of nitrogens with one attached hydrogen (secondary N) is 1. The maximum atomic E-state index is 12.3. The van der Waals surface area contributed by atoms with Crippen LogP contribution in [0.3, 0.4) is 0 Å². The molecule has 1 amide bonds. The SMILES string of the molecule is COCCC(NC(=O)c1ccc(C(=O)O)nc1)c1ccc(C)o1. The lowest BCUT2D eigenvalue weighted by Gasteiger charge is -2.16. The van der Waals surface area contributed by atoms with Gasteiger partial charge in [0.15, 0.2) is 0 Å². The number of carbonyl (C=O) groups excluding carboxylic acids is 1. The topological polar surface area (TPSA) is 102 Å². The Balaban J connectivity index is 2.11. The van der Waals surface area contributed by atoms with Crippen LogP contribution in [-0.2, 0) is 4.74 Å². The molecule has 0 fully saturated rings. The number of hydrogen-bond acceptors (Lipinski definition) is 5. The smallest absolute Gasteiger partial charge is 0.354 e. The van der Waals surface area contributed by atoms with Gasteiger partial charge in [0, 0.05) is 19.9 Å². The summed E-state index contributed by atoms with van der Waals surface area (Å²) in [5.41, 5.74) is 0.167. The Morgan fingerprint density at radius 2 is 2.13 bits per heavy atom. The molecular formula is C16H18N2O5. The number of aromatic carboxylic acids is 1. The molecule has 1 unspecified atom stereocenters. The number of aromatic nitrogens is 1. The van der Waals surface area contributed by atoms with Crippen LogP contribution in [0.4, 0.5) is 0 Å². The molecule has 2 N–H and O–H groups in total. The molecule has 0 aliphatic rings. The van der Waals surface area contributed by atoms with Crippen molar-refractivity contribution >= 4 is 11.9 Å². The highest BCUT2D eigenvalue weighted by atomic mass is 16.5. The van der Waals surface area contributed by atoms with Crippen LogP contribution < -0.4 is 5.32 Å². The number of amides is 1. The maximum Gasteiger partial charge on any atom is 0.354 e. The highest BCUT2D eigenvalue weighted by Gasteiger charge is 2.19. The van der Waals surface area contributed by atoms with Gasteiger partial charge in [-0.1, -0.05) is 0 Å². The Kier molecular flexibility index (Phi) is 5.48. The Morgan fingerprint density at radius 1 is 1.35 bits per heavy atom. The quantitative estimate of drug-likeness (QED) is 0.811. The van der Waals surface area contributed by atoms with Crippen LogP contribution in [0.5, 0.6) is 0 Å². The van der Waals surface area contributed by atoms with Crippen molar-refractivity contribution in [2.24, 2.45) is 0 Å². The molecule has 2 aromatic heterocycles. The normalized spacial score (nSPS) is 11.9. The third kappa shape index (κ3) is 4.40. The van der Waals surface area contributed by atoms with Gasteiger partial charge in [-0.25, -0.2) is 9.78 Å². The van der Waals surface area contributed by atoms with E-state index in [1.165, 1.54) is 18.3 Å². The predicted molar refractivity (Wildman–Crippen MR) is 81.3 cm³/mol. The first-order valence-electron chi connectivity index (χ1n) is 7.06. The first kappa shape index (κ1) is 16.7. The molecule has 0 saturated heterocycles. The zero-order valence-electron chi connectivity index (χ0n) is 12.9. The van der Waals surface area contributed by atoms with Crippen molar-refractivity contribution < 1.29 is 23.8 Å². The van der Waals surface area contributed by atoms with Crippen LogP contribution in [-0.4, -0.2) is 35.7 Å². The number of rotatable bonds is 7. The molecule has 2 aromatic rings. The van der Waals surface area contributed by atoms with Crippen LogP contribution in [0.15, 0.2) is 34.9 Å². The van der Waals surface area contributed by atoms with E-state index in [1.807, 2.05) is 19.1 Å². The number of furan rings is 1. The van der Waals surface area contributed by atoms with E-state index in [9.17, 15) is 9.59 Å². The summed E-state index contributed by atoms with van der Waals surface area (Å²) >= 11 is 0. The molecular weight excluding hydrogens is 300 g/mol. The van der Waals surface area contributed by atoms with Gasteiger partial charge >= 0.3 is 5.97 Å². The van der Waals surface area contributed by atoms with E-state index in [1.54, 1.807) is 7.11 Å². The first-order chi connectivity index (χ1) is 11.0. The number of carboxylic acid groups (broad SMARTS) is 1. The first-order valence-corrected chi connectivity index (χ1v) is 7.06. The van der Waals surface area contributed by atoms with Gasteiger partial charge in [-0.2, -0.15) is 0 Å². The van der Waals surface area contributed by atoms with Crippen molar-refractivity contribution in [1.82, 2.24) is 10.3 Å². The Labute approximate surface area is 133 Å². The second-order valence-corrected chi connectivity index (χ2v) is 4.99. The number of methoxy groups -OCH3 is 1. The molecule has 0 saturated carbocycles. The maximum absolute atomic E-state index is 12.3. The highest BCUT2D eigenvalue weighted by molar-refractivity contribution is 5.95. The largest absolute Gasteiger partial charge is 0.477 e. The molecule has 0 radical (unpaired) electrons. The minimum atomic E-state index is -1.14. The number of aryl methyl sites for hydroxylation is 1. The lowest BCUT2D eigenvalue weighted by Crippen LogP contribution is -2.29. The summed E-state index contributed by atoms with van der Waals surface area (Å²) in [7, 11) is 1.58. The predicted octanol–water partition coefficient (Wildman–Crippen LogP) is 2.19. The van der Waals surface area contributed by atoms with Crippen LogP contribution in [0.25, 0.3) is 0 Å². The molecule has 122 valence electrons. The van der Waals surface area contributed by atoms with Gasteiger partial charge in [0.1, 0.15) is 17.2 Å². The van der Waals surface area contributed by atoms with Crippen LogP contribution in [0, 0.1) is 6.92 Å². The monoisotopic (exact) mass is 318 g/mol. The van der Waals surface area contributed by atoms with Crippen molar-refractivity contribution in [3.63, 3.8) is 0 Å². The summed E-state index contributed by atoms with van der Waals surface area (Å²) in [6.45, 7) is 2.29. The van der Waals surface area contributed by atoms with E-state index in [0.717, 1.165) is 5.76 Å². The van der Waals surface area contributed by atoms with Gasteiger partial charge in [-0.3, -0.25) is 4.79 Å². The summed E-state index contributed by atoms with van der Waals surface area (Å²) in [4.78, 5) is 26.8. The van der Waals surface area contributed by atoms with Crippen LogP contribution in [0.2, 0.25) is 0 Å². The summed E-state index contributed by atoms with van der Waals surface area (Å²) in [5, 5.41) is 11.7. The minimum absolute atomic E-state index is 0.112. The molecule has 7 nitrogen and oxygen atoms in total. The molecule has 0 aromatic carbocycles. The van der Waals surface area contributed by atoms with Crippen molar-refractivity contribution in [3.8, 4) is 0 Å². The Bertz CT molecular complexity index is 678. The fourth-order valence-corrected chi connectivity index (χ4v) is 2.06. The summed E-state index contributed by atoms with van der Waals surface area (Å²) in [5.74, 6) is -0.0993. The number of pyridine rings is 1. The zero-order valence-corrected chi connectivity index (χ0v) is 12.9. The van der Waals surface area contributed by atoms with Gasteiger partial charge in [-0.15, -0.1) is 0 Å². The number of nitrogens with zero attached hydrogens (tertiary/aromatic N) is 1. The summed E-state index contributed by atoms with van der Waals surface area (Å²) in [6, 6.07) is 6.01. The van der Waals surface area contributed by atoms with E-state index >= 15 is 0 Å². The molecule has 0 bridgehead atoms. The standard InChI is InChI=1S/C16H18N2O5/c1-10-3-6-14(23-10)12(7-8-22-2)18-15(19)11-4-5-13(16(20)21)17-9-11/h3-6,9,12H,7-8H2,1-2H3,(H,18,19)(H,20,21). The van der Waals surface area contributed by atoms with Crippen molar-refractivity contribution in [3.05, 3.63) is 53.2 Å². The number of carbonyl (C=O) groups is 2. The van der Waals surface area contributed by atoms with Crippen LogP contribution in [0.1, 0.15) is 44.8 Å². The summed E-state index contributed by atoms with van der Waals surface area (Å²) < 4.78 is 10.6. The zero-order chi connectivity index (χ0) is 16.8. The van der Waals surface area contributed by atoms with Crippen molar-refractivity contribution in [2.45, 2.75) is 19.4 Å².